The average molecular weight is 504 g/mol. The van der Waals surface area contributed by atoms with Gasteiger partial charge in [0.25, 0.3) is 0 Å². The predicted molar refractivity (Wildman–Crippen MR) is 137 cm³/mol. The van der Waals surface area contributed by atoms with E-state index < -0.39 is 0 Å². The smallest absolute Gasteiger partial charge is 0.241 e. The van der Waals surface area contributed by atoms with Crippen LogP contribution in [-0.2, 0) is 20.1 Å². The SMILES string of the molecule is Cc1nn(C)c2c1-c1cc3c(n[nH]c3cn1)/C=C/c1c(OCC#N)nn(CCO)c1CN(C)CC(C)O2. The molecule has 1 unspecified atom stereocenters. The van der Waals surface area contributed by atoms with Crippen LogP contribution in [0.2, 0.25) is 0 Å². The summed E-state index contributed by atoms with van der Waals surface area (Å²) in [6.45, 7) is 5.16. The summed E-state index contributed by atoms with van der Waals surface area (Å²) in [5, 5.41) is 36.3. The molecular formula is C25H29N9O3. The molecular weight excluding hydrogens is 474 g/mol. The van der Waals surface area contributed by atoms with E-state index in [0.717, 1.165) is 39.1 Å². The van der Waals surface area contributed by atoms with Crippen molar-refractivity contribution in [1.82, 2.24) is 39.6 Å². The number of aromatic amines is 1. The molecule has 2 bridgehead atoms. The Balaban J connectivity index is 1.70. The van der Waals surface area contributed by atoms with Crippen LogP contribution in [0.1, 0.15) is 29.6 Å². The minimum atomic E-state index is -0.167. The molecule has 5 heterocycles. The lowest BCUT2D eigenvalue weighted by atomic mass is 10.1. The van der Waals surface area contributed by atoms with E-state index in [1.807, 2.05) is 52.2 Å². The summed E-state index contributed by atoms with van der Waals surface area (Å²) in [4.78, 5) is 6.79. The van der Waals surface area contributed by atoms with Gasteiger partial charge in [-0.1, -0.05) is 0 Å². The maximum atomic E-state index is 9.66. The zero-order valence-electron chi connectivity index (χ0n) is 21.3. The third-order valence-corrected chi connectivity index (χ3v) is 6.26. The lowest BCUT2D eigenvalue weighted by Gasteiger charge is -2.23. The second kappa shape index (κ2) is 10.0. The molecule has 0 aromatic carbocycles. The first kappa shape index (κ1) is 24.5. The van der Waals surface area contributed by atoms with Gasteiger partial charge in [-0.05, 0) is 39.1 Å². The van der Waals surface area contributed by atoms with Crippen LogP contribution < -0.4 is 9.47 Å². The number of nitrogens with zero attached hydrogens (tertiary/aromatic N) is 8. The van der Waals surface area contributed by atoms with Gasteiger partial charge in [-0.25, -0.2) is 4.68 Å². The minimum absolute atomic E-state index is 0.0822. The molecule has 1 aliphatic rings. The molecule has 4 aromatic heterocycles. The van der Waals surface area contributed by atoms with E-state index in [2.05, 4.69) is 30.3 Å². The molecule has 192 valence electrons. The van der Waals surface area contributed by atoms with Gasteiger partial charge in [-0.2, -0.15) is 15.5 Å². The number of likely N-dealkylation sites (N-methyl/N-ethyl adjacent to an activating group) is 1. The van der Waals surface area contributed by atoms with Gasteiger partial charge in [0.2, 0.25) is 11.8 Å². The molecule has 12 heteroatoms. The highest BCUT2D eigenvalue weighted by Crippen LogP contribution is 2.35. The van der Waals surface area contributed by atoms with Gasteiger partial charge in [-0.3, -0.25) is 19.7 Å². The lowest BCUT2D eigenvalue weighted by Crippen LogP contribution is -2.32. The van der Waals surface area contributed by atoms with E-state index >= 15 is 0 Å². The number of nitrogens with one attached hydrogen (secondary N) is 1. The van der Waals surface area contributed by atoms with Gasteiger partial charge in [0.05, 0.1) is 58.8 Å². The third-order valence-electron chi connectivity index (χ3n) is 6.26. The Bertz CT molecular complexity index is 1510. The largest absolute Gasteiger partial charge is 0.473 e. The number of aliphatic hydroxyl groups excluding tert-OH is 1. The molecule has 37 heavy (non-hydrogen) atoms. The molecule has 0 fully saturated rings. The van der Waals surface area contributed by atoms with Crippen LogP contribution >= 0.6 is 0 Å². The van der Waals surface area contributed by atoms with Crippen molar-refractivity contribution in [2.45, 2.75) is 33.0 Å². The van der Waals surface area contributed by atoms with Crippen molar-refractivity contribution in [3.8, 4) is 29.1 Å². The molecule has 0 saturated carbocycles. The number of rotatable bonds is 4. The summed E-state index contributed by atoms with van der Waals surface area (Å²) >= 11 is 0. The Morgan fingerprint density at radius 2 is 2.14 bits per heavy atom. The Kier molecular flexibility index (Phi) is 6.64. The predicted octanol–water partition coefficient (Wildman–Crippen LogP) is 2.14. The highest BCUT2D eigenvalue weighted by atomic mass is 16.5. The summed E-state index contributed by atoms with van der Waals surface area (Å²) in [5.41, 5.74) is 5.50. The molecule has 12 nitrogen and oxygen atoms in total. The van der Waals surface area contributed by atoms with Gasteiger partial charge in [0.1, 0.15) is 12.2 Å². The van der Waals surface area contributed by atoms with Gasteiger partial charge in [-0.15, -0.1) is 5.10 Å². The Morgan fingerprint density at radius 3 is 2.92 bits per heavy atom. The van der Waals surface area contributed by atoms with Crippen LogP contribution in [0.5, 0.6) is 11.8 Å². The van der Waals surface area contributed by atoms with E-state index in [0.29, 0.717) is 37.1 Å². The molecule has 0 amide bonds. The molecule has 5 rings (SSSR count). The van der Waals surface area contributed by atoms with Crippen LogP contribution in [0, 0.1) is 18.3 Å². The fraction of sp³-hybridized carbons (Fsp3) is 0.400. The van der Waals surface area contributed by atoms with Crippen molar-refractivity contribution in [3.05, 3.63) is 34.9 Å². The fourth-order valence-electron chi connectivity index (χ4n) is 4.72. The van der Waals surface area contributed by atoms with Crippen molar-refractivity contribution in [2.24, 2.45) is 7.05 Å². The summed E-state index contributed by atoms with van der Waals surface area (Å²) in [7, 11) is 3.86. The molecule has 0 aliphatic carbocycles. The lowest BCUT2D eigenvalue weighted by molar-refractivity contribution is 0.146. The maximum absolute atomic E-state index is 9.66. The number of aromatic nitrogens is 7. The first-order valence-electron chi connectivity index (χ1n) is 12.0. The Morgan fingerprint density at radius 1 is 1.30 bits per heavy atom. The van der Waals surface area contributed by atoms with Gasteiger partial charge in [0, 0.05) is 25.5 Å². The summed E-state index contributed by atoms with van der Waals surface area (Å²) in [5.74, 6) is 0.985. The molecule has 0 spiro atoms. The number of pyridine rings is 1. The second-order valence-corrected chi connectivity index (χ2v) is 9.13. The van der Waals surface area contributed by atoms with E-state index in [1.165, 1.54) is 0 Å². The normalized spacial score (nSPS) is 16.9. The summed E-state index contributed by atoms with van der Waals surface area (Å²) < 4.78 is 15.6. The number of ether oxygens (including phenoxy) is 2. The van der Waals surface area contributed by atoms with Crippen molar-refractivity contribution < 1.29 is 14.6 Å². The van der Waals surface area contributed by atoms with E-state index in [9.17, 15) is 5.11 Å². The van der Waals surface area contributed by atoms with Crippen LogP contribution in [0.3, 0.4) is 0 Å². The van der Waals surface area contributed by atoms with Crippen molar-refractivity contribution in [3.63, 3.8) is 0 Å². The van der Waals surface area contributed by atoms with E-state index in [1.54, 1.807) is 15.6 Å². The first-order chi connectivity index (χ1) is 17.9. The van der Waals surface area contributed by atoms with Crippen molar-refractivity contribution in [1.29, 1.82) is 5.26 Å². The molecule has 1 atom stereocenters. The number of hydrogen-bond acceptors (Lipinski definition) is 9. The topological polar surface area (TPSA) is 143 Å². The fourth-order valence-corrected chi connectivity index (χ4v) is 4.72. The van der Waals surface area contributed by atoms with Gasteiger partial charge >= 0.3 is 0 Å². The first-order valence-corrected chi connectivity index (χ1v) is 12.0. The number of aryl methyl sites for hydroxylation is 2. The third kappa shape index (κ3) is 4.66. The zero-order valence-corrected chi connectivity index (χ0v) is 21.3. The Hall–Kier alpha value is -4.21. The average Bonchev–Trinajstić information content (AvgIpc) is 3.49. The molecule has 4 aromatic rings. The van der Waals surface area contributed by atoms with Gasteiger partial charge in [0.15, 0.2) is 6.61 Å². The second-order valence-electron chi connectivity index (χ2n) is 9.13. The zero-order chi connectivity index (χ0) is 26.1. The van der Waals surface area contributed by atoms with Crippen molar-refractivity contribution in [2.75, 3.05) is 26.8 Å². The molecule has 0 radical (unpaired) electrons. The van der Waals surface area contributed by atoms with Gasteiger partial charge < -0.3 is 14.6 Å². The number of aliphatic hydroxyl groups is 1. The Labute approximate surface area is 213 Å². The summed E-state index contributed by atoms with van der Waals surface area (Å²) in [6.07, 6.45) is 5.38. The number of fused-ring (bicyclic) bond motifs is 4. The monoisotopic (exact) mass is 503 g/mol. The van der Waals surface area contributed by atoms with Crippen LogP contribution in [0.15, 0.2) is 12.3 Å². The van der Waals surface area contributed by atoms with Crippen LogP contribution in [0.4, 0.5) is 0 Å². The summed E-state index contributed by atoms with van der Waals surface area (Å²) in [6, 6.07) is 3.98. The molecule has 1 aliphatic heterocycles. The highest BCUT2D eigenvalue weighted by molar-refractivity contribution is 5.92. The number of nitriles is 1. The van der Waals surface area contributed by atoms with Crippen molar-refractivity contribution >= 4 is 23.1 Å². The highest BCUT2D eigenvalue weighted by Gasteiger charge is 2.24. The van der Waals surface area contributed by atoms with Crippen LogP contribution in [-0.4, -0.2) is 77.7 Å². The minimum Gasteiger partial charge on any atom is -0.473 e. The van der Waals surface area contributed by atoms with E-state index in [4.69, 9.17) is 14.7 Å². The maximum Gasteiger partial charge on any atom is 0.241 e. The van der Waals surface area contributed by atoms with E-state index in [-0.39, 0.29) is 19.3 Å². The number of hydrogen-bond donors (Lipinski definition) is 2. The standard InChI is InChI=1S/C25H29N9O3/c1-15-13-32(3)14-22-17(24(36-10-7-26)31-34(22)8-9-35)5-6-19-18-11-20(27-12-21(18)29-28-19)23-16(2)30-33(4)25(23)37-15/h5-6,11-12,15,35H,8-10,13-14H2,1-4H3,(H,28,29)/b6-5+. The molecule has 0 saturated heterocycles. The number of H-pyrrole nitrogens is 1. The molecule has 2 N–H and O–H groups in total. The van der Waals surface area contributed by atoms with Crippen LogP contribution in [0.25, 0.3) is 34.3 Å². The quantitative estimate of drug-likeness (QED) is 0.428.